The van der Waals surface area contributed by atoms with Crippen molar-refractivity contribution in [1.82, 2.24) is 19.8 Å². The first-order valence-corrected chi connectivity index (χ1v) is 8.48. The summed E-state index contributed by atoms with van der Waals surface area (Å²) in [7, 11) is 1.70. The monoisotopic (exact) mass is 340 g/mol. The molecule has 1 aromatic carbocycles. The van der Waals surface area contributed by atoms with E-state index >= 15 is 0 Å². The highest BCUT2D eigenvalue weighted by atomic mass is 16.3. The molecule has 1 N–H and O–H groups in total. The number of carbonyl (C=O) groups is 1. The number of rotatable bonds is 5. The Morgan fingerprint density at radius 2 is 2.04 bits per heavy atom. The van der Waals surface area contributed by atoms with E-state index in [1.54, 1.807) is 13.2 Å². The first-order valence-electron chi connectivity index (χ1n) is 8.48. The number of nitrogens with zero attached hydrogens (tertiary/aromatic N) is 4. The van der Waals surface area contributed by atoms with Crippen molar-refractivity contribution in [2.75, 3.05) is 26.7 Å². The second-order valence-corrected chi connectivity index (χ2v) is 6.87. The summed E-state index contributed by atoms with van der Waals surface area (Å²) in [5.74, 6) is -0.220. The van der Waals surface area contributed by atoms with Crippen LogP contribution in [-0.2, 0) is 6.54 Å². The van der Waals surface area contributed by atoms with Gasteiger partial charge in [-0.25, -0.2) is 4.98 Å². The molecular weight excluding hydrogens is 316 g/mol. The molecule has 1 aromatic heterocycles. The number of aromatic nitrogens is 2. The summed E-state index contributed by atoms with van der Waals surface area (Å²) in [6.45, 7) is 4.29. The average molecular weight is 340 g/mol. The van der Waals surface area contributed by atoms with Gasteiger partial charge < -0.3 is 10.0 Å². The molecule has 0 saturated carbocycles. The van der Waals surface area contributed by atoms with Crippen molar-refractivity contribution in [2.45, 2.75) is 25.5 Å². The molecule has 0 bridgehead atoms. The van der Waals surface area contributed by atoms with Crippen LogP contribution in [0, 0.1) is 6.92 Å². The molecule has 1 saturated heterocycles. The molecule has 2 aromatic rings. The van der Waals surface area contributed by atoms with Gasteiger partial charge in [-0.2, -0.15) is 0 Å². The third-order valence-electron chi connectivity index (χ3n) is 4.54. The van der Waals surface area contributed by atoms with Crippen molar-refractivity contribution in [2.24, 2.45) is 0 Å². The summed E-state index contributed by atoms with van der Waals surface area (Å²) < 4.78 is 0. The molecule has 132 valence electrons. The summed E-state index contributed by atoms with van der Waals surface area (Å²) in [4.78, 5) is 24.4. The highest BCUT2D eigenvalue weighted by Crippen LogP contribution is 2.24. The lowest BCUT2D eigenvalue weighted by molar-refractivity contribution is 0.0168. The fourth-order valence-corrected chi connectivity index (χ4v) is 3.26. The first-order chi connectivity index (χ1) is 12.0. The maximum Gasteiger partial charge on any atom is 0.273 e. The van der Waals surface area contributed by atoms with Gasteiger partial charge in [-0.1, -0.05) is 30.3 Å². The lowest BCUT2D eigenvalue weighted by atomic mass is 10.0. The van der Waals surface area contributed by atoms with Crippen LogP contribution >= 0.6 is 0 Å². The fourth-order valence-electron chi connectivity index (χ4n) is 3.26. The quantitative estimate of drug-likeness (QED) is 0.893. The van der Waals surface area contributed by atoms with E-state index in [0.717, 1.165) is 18.8 Å². The number of likely N-dealkylation sites (N-methyl/N-ethyl adjacent to an activating group) is 1. The van der Waals surface area contributed by atoms with E-state index in [2.05, 4.69) is 27.0 Å². The SMILES string of the molecule is Cc1cnc(C(=O)N(C)C[C@]2(O)CCN(Cc3ccccc3)C2)cn1. The van der Waals surface area contributed by atoms with Crippen molar-refractivity contribution in [3.8, 4) is 0 Å². The largest absolute Gasteiger partial charge is 0.387 e. The van der Waals surface area contributed by atoms with Crippen LogP contribution in [0.15, 0.2) is 42.7 Å². The Hall–Kier alpha value is -2.31. The number of hydrogen-bond acceptors (Lipinski definition) is 5. The van der Waals surface area contributed by atoms with E-state index in [-0.39, 0.29) is 12.5 Å². The summed E-state index contributed by atoms with van der Waals surface area (Å²) in [6, 6.07) is 10.2. The van der Waals surface area contributed by atoms with E-state index in [4.69, 9.17) is 0 Å². The van der Waals surface area contributed by atoms with Gasteiger partial charge >= 0.3 is 0 Å². The van der Waals surface area contributed by atoms with Crippen molar-refractivity contribution < 1.29 is 9.90 Å². The highest BCUT2D eigenvalue weighted by molar-refractivity contribution is 5.91. The van der Waals surface area contributed by atoms with Gasteiger partial charge in [0.2, 0.25) is 0 Å². The van der Waals surface area contributed by atoms with E-state index in [0.29, 0.717) is 18.7 Å². The molecule has 1 atom stereocenters. The van der Waals surface area contributed by atoms with Crippen LogP contribution in [0.4, 0.5) is 0 Å². The predicted molar refractivity (Wildman–Crippen MR) is 95.0 cm³/mol. The van der Waals surface area contributed by atoms with E-state index < -0.39 is 5.60 Å². The number of amides is 1. The normalized spacial score (nSPS) is 20.6. The van der Waals surface area contributed by atoms with Gasteiger partial charge in [-0.05, 0) is 18.9 Å². The summed E-state index contributed by atoms with van der Waals surface area (Å²) in [5.41, 5.74) is 1.41. The molecule has 0 spiro atoms. The number of carbonyl (C=O) groups excluding carboxylic acids is 1. The van der Waals surface area contributed by atoms with Gasteiger partial charge in [0.1, 0.15) is 5.69 Å². The van der Waals surface area contributed by atoms with Crippen LogP contribution in [0.1, 0.15) is 28.2 Å². The molecule has 2 heterocycles. The number of likely N-dealkylation sites (tertiary alicyclic amines) is 1. The minimum absolute atomic E-state index is 0.220. The molecular formula is C19H24N4O2. The van der Waals surface area contributed by atoms with Crippen LogP contribution in [0.25, 0.3) is 0 Å². The van der Waals surface area contributed by atoms with Gasteiger partial charge in [0.25, 0.3) is 5.91 Å². The molecule has 6 nitrogen and oxygen atoms in total. The van der Waals surface area contributed by atoms with Gasteiger partial charge in [0.15, 0.2) is 0 Å². The molecule has 1 aliphatic heterocycles. The van der Waals surface area contributed by atoms with Gasteiger partial charge in [-0.15, -0.1) is 0 Å². The predicted octanol–water partition coefficient (Wildman–Crippen LogP) is 1.49. The topological polar surface area (TPSA) is 69.6 Å². The maximum absolute atomic E-state index is 12.5. The van der Waals surface area contributed by atoms with Crippen LogP contribution in [0.2, 0.25) is 0 Å². The van der Waals surface area contributed by atoms with Crippen LogP contribution < -0.4 is 0 Å². The number of aliphatic hydroxyl groups is 1. The van der Waals surface area contributed by atoms with Crippen molar-refractivity contribution in [3.05, 3.63) is 59.7 Å². The van der Waals surface area contributed by atoms with Crippen LogP contribution in [0.5, 0.6) is 0 Å². The van der Waals surface area contributed by atoms with Gasteiger partial charge in [-0.3, -0.25) is 14.7 Å². The Morgan fingerprint density at radius 3 is 2.72 bits per heavy atom. The fraction of sp³-hybridized carbons (Fsp3) is 0.421. The zero-order chi connectivity index (χ0) is 17.9. The van der Waals surface area contributed by atoms with Crippen molar-refractivity contribution in [3.63, 3.8) is 0 Å². The zero-order valence-electron chi connectivity index (χ0n) is 14.7. The molecule has 0 unspecified atom stereocenters. The van der Waals surface area contributed by atoms with E-state index in [1.165, 1.54) is 16.7 Å². The van der Waals surface area contributed by atoms with Gasteiger partial charge in [0.05, 0.1) is 24.0 Å². The van der Waals surface area contributed by atoms with E-state index in [9.17, 15) is 9.90 Å². The standard InChI is InChI=1S/C19H24N4O2/c1-15-10-21-17(11-20-15)18(24)22(2)13-19(25)8-9-23(14-19)12-16-6-4-3-5-7-16/h3-7,10-11,25H,8-9,12-14H2,1-2H3/t19-/m1/s1. The smallest absolute Gasteiger partial charge is 0.273 e. The molecule has 25 heavy (non-hydrogen) atoms. The van der Waals surface area contributed by atoms with Crippen LogP contribution in [0.3, 0.4) is 0 Å². The Labute approximate surface area is 148 Å². The maximum atomic E-state index is 12.5. The number of β-amino-alcohol motifs (C(OH)–C–C–N with tert-alkyl or cyclic N) is 1. The second kappa shape index (κ2) is 7.29. The Balaban J connectivity index is 1.58. The summed E-state index contributed by atoms with van der Waals surface area (Å²) >= 11 is 0. The third kappa shape index (κ3) is 4.41. The van der Waals surface area contributed by atoms with Crippen LogP contribution in [-0.4, -0.2) is 63.1 Å². The molecule has 1 amide bonds. The highest BCUT2D eigenvalue weighted by Gasteiger charge is 2.38. The van der Waals surface area contributed by atoms with E-state index in [1.807, 2.05) is 25.1 Å². The van der Waals surface area contributed by atoms with Gasteiger partial charge in [0, 0.05) is 32.9 Å². The molecule has 0 aliphatic carbocycles. The molecule has 1 aliphatic rings. The minimum atomic E-state index is -0.892. The lowest BCUT2D eigenvalue weighted by Crippen LogP contribution is -2.45. The number of benzene rings is 1. The minimum Gasteiger partial charge on any atom is -0.387 e. The molecule has 0 radical (unpaired) electrons. The molecule has 1 fully saturated rings. The van der Waals surface area contributed by atoms with Crippen molar-refractivity contribution in [1.29, 1.82) is 0 Å². The number of hydrogen-bond donors (Lipinski definition) is 1. The molecule has 3 rings (SSSR count). The summed E-state index contributed by atoms with van der Waals surface area (Å²) in [6.07, 6.45) is 3.71. The lowest BCUT2D eigenvalue weighted by Gasteiger charge is -2.29. The first kappa shape index (κ1) is 17.5. The Morgan fingerprint density at radius 1 is 1.28 bits per heavy atom. The van der Waals surface area contributed by atoms with Crippen molar-refractivity contribution >= 4 is 5.91 Å². The zero-order valence-corrected chi connectivity index (χ0v) is 14.7. The Bertz CT molecular complexity index is 720. The number of aryl methyl sites for hydroxylation is 1. The summed E-state index contributed by atoms with van der Waals surface area (Å²) in [5, 5.41) is 10.9. The average Bonchev–Trinajstić information content (AvgIpc) is 2.96. The Kier molecular flexibility index (Phi) is 5.11. The second-order valence-electron chi connectivity index (χ2n) is 6.87. The molecule has 6 heteroatoms. The third-order valence-corrected chi connectivity index (χ3v) is 4.54.